The van der Waals surface area contributed by atoms with Gasteiger partial charge in [0, 0.05) is 52.0 Å². The van der Waals surface area contributed by atoms with Gasteiger partial charge in [0.2, 0.25) is 0 Å². The van der Waals surface area contributed by atoms with Crippen molar-refractivity contribution >= 4 is 5.96 Å². The van der Waals surface area contributed by atoms with E-state index in [2.05, 4.69) is 79.0 Å². The molecule has 1 saturated heterocycles. The van der Waals surface area contributed by atoms with Gasteiger partial charge in [-0.3, -0.25) is 4.99 Å². The van der Waals surface area contributed by atoms with Crippen LogP contribution in [-0.4, -0.2) is 58.1 Å². The Kier molecular flexibility index (Phi) is 8.93. The van der Waals surface area contributed by atoms with Gasteiger partial charge in [0.05, 0.1) is 6.10 Å². The van der Waals surface area contributed by atoms with Crippen molar-refractivity contribution in [2.75, 3.05) is 40.5 Å². The third kappa shape index (κ3) is 7.28. The highest BCUT2D eigenvalue weighted by atomic mass is 16.5. The molecule has 0 aromatic heterocycles. The number of benzene rings is 1. The second-order valence-electron chi connectivity index (χ2n) is 9.07. The average molecular weight is 405 g/mol. The van der Waals surface area contributed by atoms with E-state index in [1.807, 2.05) is 7.05 Å². The molecule has 1 aromatic rings. The molecular formula is C23H40N4O2. The lowest BCUT2D eigenvalue weighted by Gasteiger charge is -2.41. The van der Waals surface area contributed by atoms with Gasteiger partial charge in [0.1, 0.15) is 0 Å². The van der Waals surface area contributed by atoms with Gasteiger partial charge < -0.3 is 25.4 Å². The average Bonchev–Trinajstić information content (AvgIpc) is 2.71. The quantitative estimate of drug-likeness (QED) is 0.459. The molecule has 6 heteroatoms. The summed E-state index contributed by atoms with van der Waals surface area (Å²) in [5.41, 5.74) is 1.33. The van der Waals surface area contributed by atoms with Gasteiger partial charge in [-0.05, 0) is 30.7 Å². The van der Waals surface area contributed by atoms with Gasteiger partial charge in [-0.2, -0.15) is 0 Å². The van der Waals surface area contributed by atoms with Crippen molar-refractivity contribution < 1.29 is 9.47 Å². The Balaban J connectivity index is 1.98. The Morgan fingerprint density at radius 1 is 1.17 bits per heavy atom. The van der Waals surface area contributed by atoms with Gasteiger partial charge in [-0.25, -0.2) is 0 Å². The lowest BCUT2D eigenvalue weighted by Crippen LogP contribution is -2.58. The minimum atomic E-state index is -0.0319. The molecule has 1 aromatic carbocycles. The molecule has 3 N–H and O–H groups in total. The van der Waals surface area contributed by atoms with E-state index in [0.717, 1.165) is 38.6 Å². The molecule has 2 unspecified atom stereocenters. The maximum absolute atomic E-state index is 5.65. The summed E-state index contributed by atoms with van der Waals surface area (Å²) in [4.78, 5) is 4.41. The highest BCUT2D eigenvalue weighted by molar-refractivity contribution is 5.79. The van der Waals surface area contributed by atoms with Gasteiger partial charge in [-0.15, -0.1) is 0 Å². The van der Waals surface area contributed by atoms with E-state index >= 15 is 0 Å². The second kappa shape index (κ2) is 11.0. The molecule has 1 fully saturated rings. The number of ether oxygens (including phenoxy) is 2. The van der Waals surface area contributed by atoms with Crippen LogP contribution in [0.5, 0.6) is 0 Å². The van der Waals surface area contributed by atoms with E-state index in [1.165, 1.54) is 5.56 Å². The van der Waals surface area contributed by atoms with Crippen LogP contribution in [0, 0.1) is 5.41 Å². The zero-order chi connectivity index (χ0) is 21.3. The van der Waals surface area contributed by atoms with Crippen LogP contribution in [-0.2, 0) is 9.47 Å². The summed E-state index contributed by atoms with van der Waals surface area (Å²) >= 11 is 0. The molecule has 6 nitrogen and oxygen atoms in total. The van der Waals surface area contributed by atoms with E-state index < -0.39 is 0 Å². The van der Waals surface area contributed by atoms with E-state index in [4.69, 9.17) is 9.47 Å². The third-order valence-electron chi connectivity index (χ3n) is 5.80. The molecular weight excluding hydrogens is 364 g/mol. The Hall–Kier alpha value is -1.63. The topological polar surface area (TPSA) is 66.9 Å². The predicted octanol–water partition coefficient (Wildman–Crippen LogP) is 3.11. The van der Waals surface area contributed by atoms with Gasteiger partial charge in [0.25, 0.3) is 0 Å². The Morgan fingerprint density at radius 2 is 1.83 bits per heavy atom. The maximum atomic E-state index is 5.65. The van der Waals surface area contributed by atoms with Crippen molar-refractivity contribution in [2.24, 2.45) is 10.4 Å². The summed E-state index contributed by atoms with van der Waals surface area (Å²) in [5.74, 6) is 0.802. The molecule has 1 heterocycles. The first kappa shape index (κ1) is 23.6. The van der Waals surface area contributed by atoms with E-state index in [9.17, 15) is 0 Å². The molecule has 0 radical (unpaired) electrons. The molecule has 29 heavy (non-hydrogen) atoms. The third-order valence-corrected chi connectivity index (χ3v) is 5.80. The molecule has 0 bridgehead atoms. The van der Waals surface area contributed by atoms with Crippen LogP contribution >= 0.6 is 0 Å². The summed E-state index contributed by atoms with van der Waals surface area (Å²) in [7, 11) is 3.57. The van der Waals surface area contributed by atoms with Crippen LogP contribution in [0.1, 0.15) is 52.1 Å². The van der Waals surface area contributed by atoms with Crippen LogP contribution in [0.3, 0.4) is 0 Å². The van der Waals surface area contributed by atoms with Crippen molar-refractivity contribution in [1.29, 1.82) is 0 Å². The highest BCUT2D eigenvalue weighted by Crippen LogP contribution is 2.25. The zero-order valence-electron chi connectivity index (χ0n) is 19.0. The molecule has 0 aliphatic carbocycles. The first-order chi connectivity index (χ1) is 13.8. The van der Waals surface area contributed by atoms with Crippen molar-refractivity contribution in [3.05, 3.63) is 35.9 Å². The monoisotopic (exact) mass is 404 g/mol. The van der Waals surface area contributed by atoms with E-state index in [0.29, 0.717) is 6.54 Å². The predicted molar refractivity (Wildman–Crippen MR) is 120 cm³/mol. The summed E-state index contributed by atoms with van der Waals surface area (Å²) in [6.45, 7) is 11.8. The summed E-state index contributed by atoms with van der Waals surface area (Å²) in [6.07, 6.45) is 2.04. The molecule has 1 aliphatic rings. The lowest BCUT2D eigenvalue weighted by atomic mass is 9.88. The molecule has 0 spiro atoms. The number of rotatable bonds is 8. The van der Waals surface area contributed by atoms with Crippen LogP contribution < -0.4 is 16.0 Å². The lowest BCUT2D eigenvalue weighted by molar-refractivity contribution is 0.0203. The van der Waals surface area contributed by atoms with Gasteiger partial charge >= 0.3 is 0 Å². The molecule has 0 amide bonds. The van der Waals surface area contributed by atoms with E-state index in [1.54, 1.807) is 7.11 Å². The smallest absolute Gasteiger partial charge is 0.191 e. The first-order valence-corrected chi connectivity index (χ1v) is 10.7. The number of guanidine groups is 1. The Labute approximate surface area is 176 Å². The fraction of sp³-hybridized carbons (Fsp3) is 0.696. The second-order valence-corrected chi connectivity index (χ2v) is 9.07. The van der Waals surface area contributed by atoms with Crippen LogP contribution in [0.25, 0.3) is 0 Å². The highest BCUT2D eigenvalue weighted by Gasteiger charge is 2.34. The van der Waals surface area contributed by atoms with Crippen LogP contribution in [0.4, 0.5) is 0 Å². The molecule has 0 saturated carbocycles. The number of nitrogens with one attached hydrogen (secondary N) is 3. The zero-order valence-corrected chi connectivity index (χ0v) is 19.0. The SMILES string of the molecule is CN=C(NCC(OC)C(C)(C)C)NCC1(NC(C)c2ccccc2)CCOCC1. The summed E-state index contributed by atoms with van der Waals surface area (Å²) in [5, 5.41) is 10.8. The van der Waals surface area contributed by atoms with Crippen molar-refractivity contribution in [3.8, 4) is 0 Å². The standard InChI is InChI=1S/C23H40N4O2/c1-18(19-10-8-7-9-11-19)27-23(12-14-29-15-13-23)17-26-21(24-5)25-16-20(28-6)22(2,3)4/h7-11,18,20,27H,12-17H2,1-6H3,(H2,24,25,26). The number of hydrogen-bond acceptors (Lipinski definition) is 4. The van der Waals surface area contributed by atoms with Crippen LogP contribution in [0.15, 0.2) is 35.3 Å². The number of aliphatic imine (C=N–C) groups is 1. The van der Waals surface area contributed by atoms with Gasteiger partial charge in [-0.1, -0.05) is 51.1 Å². The largest absolute Gasteiger partial charge is 0.381 e. The molecule has 2 rings (SSSR count). The minimum Gasteiger partial charge on any atom is -0.381 e. The van der Waals surface area contributed by atoms with Crippen LogP contribution in [0.2, 0.25) is 0 Å². The molecule has 1 aliphatic heterocycles. The Bertz CT molecular complexity index is 622. The minimum absolute atomic E-state index is 0.0319. The summed E-state index contributed by atoms with van der Waals surface area (Å²) in [6, 6.07) is 10.9. The molecule has 2 atom stereocenters. The number of nitrogens with zero attached hydrogens (tertiary/aromatic N) is 1. The van der Waals surface area contributed by atoms with Crippen molar-refractivity contribution in [2.45, 2.75) is 58.2 Å². The number of methoxy groups -OCH3 is 1. The van der Waals surface area contributed by atoms with Gasteiger partial charge in [0.15, 0.2) is 5.96 Å². The van der Waals surface area contributed by atoms with Crippen molar-refractivity contribution in [3.63, 3.8) is 0 Å². The van der Waals surface area contributed by atoms with Crippen molar-refractivity contribution in [1.82, 2.24) is 16.0 Å². The maximum Gasteiger partial charge on any atom is 0.191 e. The fourth-order valence-electron chi connectivity index (χ4n) is 3.82. The normalized spacial score (nSPS) is 19.4. The van der Waals surface area contributed by atoms with E-state index in [-0.39, 0.29) is 23.1 Å². The molecule has 164 valence electrons. The fourth-order valence-corrected chi connectivity index (χ4v) is 3.82. The first-order valence-electron chi connectivity index (χ1n) is 10.7. The summed E-state index contributed by atoms with van der Waals surface area (Å²) < 4.78 is 11.3. The number of hydrogen-bond donors (Lipinski definition) is 3. The Morgan fingerprint density at radius 3 is 2.38 bits per heavy atom.